The summed E-state index contributed by atoms with van der Waals surface area (Å²) in [6, 6.07) is 2.74. The van der Waals surface area contributed by atoms with E-state index in [1.807, 2.05) is 0 Å². The van der Waals surface area contributed by atoms with Crippen LogP contribution in [0.5, 0.6) is 0 Å². The van der Waals surface area contributed by atoms with Crippen molar-refractivity contribution in [2.24, 2.45) is 0 Å². The number of carboxylic acid groups (broad SMARTS) is 1. The van der Waals surface area contributed by atoms with Gasteiger partial charge in [-0.1, -0.05) is 5.92 Å². The van der Waals surface area contributed by atoms with Gasteiger partial charge in [0.2, 0.25) is 0 Å². The van der Waals surface area contributed by atoms with Crippen LogP contribution in [-0.2, 0) is 4.79 Å². The molecule has 1 saturated heterocycles. The summed E-state index contributed by atoms with van der Waals surface area (Å²) >= 11 is 0. The van der Waals surface area contributed by atoms with Gasteiger partial charge in [0, 0.05) is 12.7 Å². The lowest BCUT2D eigenvalue weighted by atomic mass is 10.2. The molecular formula is C14H15N3O3. The molecule has 1 amide bonds. The van der Waals surface area contributed by atoms with Gasteiger partial charge in [0.1, 0.15) is 11.9 Å². The minimum Gasteiger partial charge on any atom is -0.480 e. The summed E-state index contributed by atoms with van der Waals surface area (Å²) in [6.45, 7) is 0.820. The summed E-state index contributed by atoms with van der Waals surface area (Å²) in [6.07, 6.45) is 7.93. The first-order valence-electron chi connectivity index (χ1n) is 6.30. The van der Waals surface area contributed by atoms with Crippen molar-refractivity contribution in [3.63, 3.8) is 0 Å². The zero-order chi connectivity index (χ0) is 14.5. The Hall–Kier alpha value is -2.55. The van der Waals surface area contributed by atoms with Gasteiger partial charge in [-0.15, -0.1) is 6.42 Å². The van der Waals surface area contributed by atoms with E-state index >= 15 is 0 Å². The van der Waals surface area contributed by atoms with Crippen molar-refractivity contribution in [1.29, 1.82) is 0 Å². The number of amides is 1. The molecule has 0 radical (unpaired) electrons. The van der Waals surface area contributed by atoms with Gasteiger partial charge in [0.25, 0.3) is 5.91 Å². The number of carbonyl (C=O) groups is 2. The normalized spacial score (nSPS) is 17.6. The maximum atomic E-state index is 11.7. The van der Waals surface area contributed by atoms with Gasteiger partial charge in [-0.3, -0.25) is 4.79 Å². The van der Waals surface area contributed by atoms with E-state index in [1.165, 1.54) is 6.20 Å². The predicted molar refractivity (Wildman–Crippen MR) is 73.4 cm³/mol. The van der Waals surface area contributed by atoms with E-state index in [0.29, 0.717) is 24.3 Å². The summed E-state index contributed by atoms with van der Waals surface area (Å²) in [5, 5.41) is 11.7. The Kier molecular flexibility index (Phi) is 4.20. The Bertz CT molecular complexity index is 548. The summed E-state index contributed by atoms with van der Waals surface area (Å²) in [5.41, 5.74) is 0.398. The van der Waals surface area contributed by atoms with Crippen molar-refractivity contribution in [3.8, 4) is 12.3 Å². The minimum atomic E-state index is -0.847. The molecule has 2 heterocycles. The number of aromatic nitrogens is 1. The van der Waals surface area contributed by atoms with Crippen LogP contribution in [0.4, 0.5) is 5.82 Å². The van der Waals surface area contributed by atoms with Crippen LogP contribution in [0.3, 0.4) is 0 Å². The second-order valence-corrected chi connectivity index (χ2v) is 4.48. The Morgan fingerprint density at radius 2 is 2.35 bits per heavy atom. The highest BCUT2D eigenvalue weighted by Crippen LogP contribution is 2.23. The number of pyridine rings is 1. The molecule has 6 nitrogen and oxygen atoms in total. The van der Waals surface area contributed by atoms with Gasteiger partial charge in [-0.25, -0.2) is 9.78 Å². The lowest BCUT2D eigenvalue weighted by Crippen LogP contribution is -2.36. The van der Waals surface area contributed by atoms with Crippen LogP contribution in [0.25, 0.3) is 0 Å². The zero-order valence-corrected chi connectivity index (χ0v) is 10.9. The molecule has 1 aromatic heterocycles. The largest absolute Gasteiger partial charge is 0.480 e. The number of aliphatic carboxylic acids is 1. The number of carboxylic acids is 1. The number of anilines is 1. The van der Waals surface area contributed by atoms with Gasteiger partial charge in [0.05, 0.1) is 12.1 Å². The van der Waals surface area contributed by atoms with E-state index in [2.05, 4.69) is 16.2 Å². The third-order valence-electron chi connectivity index (χ3n) is 3.19. The van der Waals surface area contributed by atoms with Crippen molar-refractivity contribution >= 4 is 17.7 Å². The van der Waals surface area contributed by atoms with Crippen LogP contribution in [0.1, 0.15) is 23.2 Å². The van der Waals surface area contributed by atoms with E-state index < -0.39 is 12.0 Å². The molecule has 1 aliphatic rings. The molecule has 1 atom stereocenters. The highest BCUT2D eigenvalue weighted by Gasteiger charge is 2.31. The first-order chi connectivity index (χ1) is 9.63. The highest BCUT2D eigenvalue weighted by molar-refractivity contribution is 5.94. The number of hydrogen-bond acceptors (Lipinski definition) is 4. The molecule has 0 aromatic carbocycles. The summed E-state index contributed by atoms with van der Waals surface area (Å²) in [7, 11) is 0. The first-order valence-corrected chi connectivity index (χ1v) is 6.30. The molecule has 6 heteroatoms. The molecule has 1 aromatic rings. The van der Waals surface area contributed by atoms with Crippen LogP contribution in [-0.4, -0.2) is 41.1 Å². The summed E-state index contributed by atoms with van der Waals surface area (Å²) in [5.74, 6) is 1.75. The fourth-order valence-electron chi connectivity index (χ4n) is 2.22. The molecule has 0 unspecified atom stereocenters. The third-order valence-corrected chi connectivity index (χ3v) is 3.19. The quantitative estimate of drug-likeness (QED) is 0.781. The Morgan fingerprint density at radius 1 is 1.55 bits per heavy atom. The molecule has 0 bridgehead atoms. The smallest absolute Gasteiger partial charge is 0.326 e. The van der Waals surface area contributed by atoms with Gasteiger partial charge in [-0.05, 0) is 25.0 Å². The second-order valence-electron chi connectivity index (χ2n) is 4.48. The van der Waals surface area contributed by atoms with Crippen molar-refractivity contribution in [2.45, 2.75) is 18.9 Å². The fraction of sp³-hybridized carbons (Fsp3) is 0.357. The van der Waals surface area contributed by atoms with Gasteiger partial charge < -0.3 is 15.3 Å². The minimum absolute atomic E-state index is 0.161. The third kappa shape index (κ3) is 2.88. The monoisotopic (exact) mass is 273 g/mol. The molecular weight excluding hydrogens is 258 g/mol. The number of terminal acetylenes is 1. The molecule has 0 spiro atoms. The molecule has 0 saturated carbocycles. The van der Waals surface area contributed by atoms with Crippen LogP contribution >= 0.6 is 0 Å². The van der Waals surface area contributed by atoms with E-state index in [-0.39, 0.29) is 12.5 Å². The first kappa shape index (κ1) is 13.9. The van der Waals surface area contributed by atoms with E-state index in [9.17, 15) is 9.59 Å². The van der Waals surface area contributed by atoms with Crippen molar-refractivity contribution < 1.29 is 14.7 Å². The highest BCUT2D eigenvalue weighted by atomic mass is 16.4. The molecule has 1 aliphatic heterocycles. The number of hydrogen-bond donors (Lipinski definition) is 2. The zero-order valence-electron chi connectivity index (χ0n) is 10.9. The van der Waals surface area contributed by atoms with E-state index in [0.717, 1.165) is 6.42 Å². The molecule has 2 N–H and O–H groups in total. The van der Waals surface area contributed by atoms with E-state index in [1.54, 1.807) is 17.0 Å². The average Bonchev–Trinajstić information content (AvgIpc) is 2.94. The average molecular weight is 273 g/mol. The van der Waals surface area contributed by atoms with Gasteiger partial charge in [0.15, 0.2) is 0 Å². The lowest BCUT2D eigenvalue weighted by Gasteiger charge is -2.22. The molecule has 2 rings (SSSR count). The van der Waals surface area contributed by atoms with Crippen molar-refractivity contribution in [2.75, 3.05) is 18.0 Å². The predicted octanol–water partition coefficient (Wildman–Crippen LogP) is 0.498. The molecule has 0 aliphatic carbocycles. The van der Waals surface area contributed by atoms with Crippen molar-refractivity contribution in [1.82, 2.24) is 10.3 Å². The van der Waals surface area contributed by atoms with Gasteiger partial charge in [-0.2, -0.15) is 0 Å². The standard InChI is InChI=1S/C14H15N3O3/c1-2-7-15-13(18)10-5-6-12(16-9-10)17-8-3-4-11(17)14(19)20/h1,5-6,9,11H,3-4,7-8H2,(H,15,18)(H,19,20)/t11-/m0/s1. The Balaban J connectivity index is 2.10. The number of carbonyl (C=O) groups excluding carboxylic acids is 1. The molecule has 104 valence electrons. The van der Waals surface area contributed by atoms with Gasteiger partial charge >= 0.3 is 5.97 Å². The SMILES string of the molecule is C#CCNC(=O)c1ccc(N2CCC[C@H]2C(=O)O)nc1. The van der Waals surface area contributed by atoms with Crippen LogP contribution in [0.15, 0.2) is 18.3 Å². The summed E-state index contributed by atoms with van der Waals surface area (Å²) in [4.78, 5) is 28.7. The fourth-order valence-corrected chi connectivity index (χ4v) is 2.22. The van der Waals surface area contributed by atoms with Crippen LogP contribution < -0.4 is 10.2 Å². The molecule has 20 heavy (non-hydrogen) atoms. The van der Waals surface area contributed by atoms with E-state index in [4.69, 9.17) is 11.5 Å². The maximum Gasteiger partial charge on any atom is 0.326 e. The van der Waals surface area contributed by atoms with Crippen LogP contribution in [0, 0.1) is 12.3 Å². The lowest BCUT2D eigenvalue weighted by molar-refractivity contribution is -0.138. The number of rotatable bonds is 4. The molecule has 1 fully saturated rings. The Morgan fingerprint density at radius 3 is 2.95 bits per heavy atom. The van der Waals surface area contributed by atoms with Crippen LogP contribution in [0.2, 0.25) is 0 Å². The summed E-state index contributed by atoms with van der Waals surface area (Å²) < 4.78 is 0. The topological polar surface area (TPSA) is 82.5 Å². The maximum absolute atomic E-state index is 11.7. The van der Waals surface area contributed by atoms with Crippen molar-refractivity contribution in [3.05, 3.63) is 23.9 Å². The number of nitrogens with one attached hydrogen (secondary N) is 1. The Labute approximate surface area is 116 Å². The number of nitrogens with zero attached hydrogens (tertiary/aromatic N) is 2. The second kappa shape index (κ2) is 6.06.